The van der Waals surface area contributed by atoms with Gasteiger partial charge in [-0.25, -0.2) is 48.3 Å². The smallest absolute Gasteiger partial charge is 0.325 e. The average Bonchev–Trinajstić information content (AvgIpc) is 3.01. The van der Waals surface area contributed by atoms with Gasteiger partial charge in [-0.2, -0.15) is 68.1 Å². The first-order valence-corrected chi connectivity index (χ1v) is 14.1. The molecule has 0 aromatic carbocycles. The first-order chi connectivity index (χ1) is 25.7. The lowest BCUT2D eigenvalue weighted by molar-refractivity contribution is -0.417. The molecule has 0 bridgehead atoms. The zero-order valence-corrected chi connectivity index (χ0v) is 32.8. The van der Waals surface area contributed by atoms with E-state index in [1.165, 1.54) is 0 Å². The van der Waals surface area contributed by atoms with Crippen LogP contribution >= 0.6 is 0 Å². The van der Waals surface area contributed by atoms with Crippen molar-refractivity contribution in [3.63, 3.8) is 0 Å². The maximum atomic E-state index is 13.2. The highest BCUT2D eigenvalue weighted by Crippen LogP contribution is 2.48. The third kappa shape index (κ3) is 73.1. The molecule has 0 fully saturated rings. The van der Waals surface area contributed by atoms with E-state index in [2.05, 4.69) is 29.2 Å². The molecule has 0 spiro atoms. The van der Waals surface area contributed by atoms with Crippen LogP contribution in [0.3, 0.4) is 0 Å². The van der Waals surface area contributed by atoms with E-state index in [0.717, 1.165) is 56.1 Å². The molecular formula is C35H78F26O6. The van der Waals surface area contributed by atoms with Gasteiger partial charge in [0.1, 0.15) is 20.0 Å². The molecule has 67 heavy (non-hydrogen) atoms. The van der Waals surface area contributed by atoms with Gasteiger partial charge in [-0.15, -0.1) is 0 Å². The van der Waals surface area contributed by atoms with Crippen molar-refractivity contribution in [1.82, 2.24) is 0 Å². The Morgan fingerprint density at radius 1 is 0.328 bits per heavy atom. The predicted molar refractivity (Wildman–Crippen MR) is 210 cm³/mol. The van der Waals surface area contributed by atoms with Gasteiger partial charge in [0.25, 0.3) is 5.92 Å². The van der Waals surface area contributed by atoms with E-state index in [-0.39, 0.29) is 80.2 Å². The number of alkyl halides is 22. The molecule has 0 N–H and O–H groups in total. The van der Waals surface area contributed by atoms with Crippen LogP contribution in [-0.2, 0) is 29.2 Å². The van der Waals surface area contributed by atoms with Gasteiger partial charge in [0, 0.05) is 20.8 Å². The Morgan fingerprint density at radius 2 is 0.522 bits per heavy atom. The van der Waals surface area contributed by atoms with Crippen molar-refractivity contribution in [2.75, 3.05) is 62.1 Å². The second-order valence-electron chi connectivity index (χ2n) is 11.1. The summed E-state index contributed by atoms with van der Waals surface area (Å²) in [5.74, 6) is -17.5. The second-order valence-corrected chi connectivity index (χ2v) is 11.1. The summed E-state index contributed by atoms with van der Waals surface area (Å²) < 4.78 is 304. The quantitative estimate of drug-likeness (QED) is 0.203. The van der Waals surface area contributed by atoms with Crippen LogP contribution in [0.15, 0.2) is 0 Å². The molecule has 0 aliphatic carbocycles. The molecule has 32 heteroatoms. The van der Waals surface area contributed by atoms with Gasteiger partial charge in [-0.3, -0.25) is 0 Å². The van der Waals surface area contributed by atoms with Crippen molar-refractivity contribution in [3.05, 3.63) is 0 Å². The Morgan fingerprint density at radius 3 is 0.612 bits per heavy atom. The fourth-order valence-electron chi connectivity index (χ4n) is 1.34. The van der Waals surface area contributed by atoms with Crippen LogP contribution < -0.4 is 0 Å². The number of hydrogen-bond donors (Lipinski definition) is 0. The Balaban J connectivity index is -0.0000000297. The van der Waals surface area contributed by atoms with E-state index in [9.17, 15) is 115 Å². The highest BCUT2D eigenvalue weighted by molar-refractivity contribution is 4.92. The molecule has 0 aromatic rings. The summed E-state index contributed by atoms with van der Waals surface area (Å²) in [7, 11) is 3.83. The molecule has 0 saturated carbocycles. The fraction of sp³-hybridized carbons (Fsp3) is 1.00. The van der Waals surface area contributed by atoms with E-state index in [4.69, 9.17) is 0 Å². The molecular weight excluding hydrogens is 1010 g/mol. The zero-order valence-electron chi connectivity index (χ0n) is 32.8. The SMILES string of the molecule is C.C.C.C.C.C.C.C.CC(C)(CF)OC(F)(C(C)(F)F)C(F)(F)F.CC(C)(CF)OC(F)(F)C(C)(F)F.CC(F)(CF)C(F)(F)F.CC(F)(F)CF.COF.COF.COF.COF.FCF. The van der Waals surface area contributed by atoms with Gasteiger partial charge >= 0.3 is 36.2 Å². The lowest BCUT2D eigenvalue weighted by atomic mass is 10.1. The maximum absolute atomic E-state index is 13.2. The third-order valence-electron chi connectivity index (χ3n) is 3.98. The zero-order chi connectivity index (χ0) is 50.8. The van der Waals surface area contributed by atoms with E-state index < -0.39 is 92.6 Å². The second kappa shape index (κ2) is 53.3. The maximum Gasteiger partial charge on any atom is 0.454 e. The number of hydrogen-bond acceptors (Lipinski definition) is 6. The van der Waals surface area contributed by atoms with Gasteiger partial charge < -0.3 is 9.47 Å². The van der Waals surface area contributed by atoms with Gasteiger partial charge in [0.15, 0.2) is 6.67 Å². The fourth-order valence-corrected chi connectivity index (χ4v) is 1.34. The molecule has 0 aliphatic heterocycles. The van der Waals surface area contributed by atoms with E-state index in [1.54, 1.807) is 0 Å². The minimum atomic E-state index is -5.96. The first kappa shape index (κ1) is 116. The molecule has 0 aliphatic rings. The van der Waals surface area contributed by atoms with Gasteiger partial charge in [-0.05, 0) is 52.7 Å². The highest BCUT2D eigenvalue weighted by atomic mass is 19.4. The minimum Gasteiger partial charge on any atom is -0.325 e. The lowest BCUT2D eigenvalue weighted by Crippen LogP contribution is -2.59. The largest absolute Gasteiger partial charge is 0.454 e. The van der Waals surface area contributed by atoms with Crippen molar-refractivity contribution >= 4 is 0 Å². The Bertz CT molecular complexity index is 871. The molecule has 2 unspecified atom stereocenters. The Hall–Kier alpha value is -2.06. The Labute approximate surface area is 380 Å². The molecule has 0 aromatic heterocycles. The molecule has 0 amide bonds. The van der Waals surface area contributed by atoms with E-state index in [0.29, 0.717) is 6.92 Å². The molecule has 0 saturated heterocycles. The number of ether oxygens (including phenoxy) is 2. The Kier molecular flexibility index (Phi) is 91.9. The standard InChI is InChI=1S/C8H11F7O.C7H11F5O.C4H5F5.C3H5F3.CH2F2.4CH3FO.8CH4/c1-5(2,4-9)16-7(12,6(3,10)11)8(13,14)15;1-5(2,4-8)13-7(11,12)6(3,9)10;1-3(6,2-5)4(7,8)9;1-3(5,6)2-4;2-1-3;4*1-3-2;;;;;;;;/h4H2,1-3H3;4H2,1-3H3;2H2,1H3;2H2,1H3;1H2;4*1H3;8*1H4. The summed E-state index contributed by atoms with van der Waals surface area (Å²) in [5, 5.41) is 0. The first-order valence-electron chi connectivity index (χ1n) is 14.1. The van der Waals surface area contributed by atoms with E-state index in [1.807, 2.05) is 0 Å². The van der Waals surface area contributed by atoms with Crippen LogP contribution in [0.4, 0.5) is 115 Å². The molecule has 436 valence electrons. The third-order valence-corrected chi connectivity index (χ3v) is 3.98. The van der Waals surface area contributed by atoms with Crippen LogP contribution in [0, 0.1) is 0 Å². The van der Waals surface area contributed by atoms with Crippen molar-refractivity contribution in [2.24, 2.45) is 0 Å². The normalized spacial score (nSPS) is 12.3. The van der Waals surface area contributed by atoms with Crippen LogP contribution in [0.5, 0.6) is 0 Å². The molecule has 6 nitrogen and oxygen atoms in total. The molecule has 2 atom stereocenters. The van der Waals surface area contributed by atoms with Gasteiger partial charge in [-0.1, -0.05) is 59.4 Å². The predicted octanol–water partition coefficient (Wildman–Crippen LogP) is 18.5. The van der Waals surface area contributed by atoms with Crippen LogP contribution in [0.25, 0.3) is 0 Å². The van der Waals surface area contributed by atoms with Gasteiger partial charge in [0.05, 0.1) is 39.6 Å². The topological polar surface area (TPSA) is 55.4 Å². The monoisotopic (exact) mass is 1090 g/mol. The summed E-state index contributed by atoms with van der Waals surface area (Å²) in [6, 6.07) is 0. The summed E-state index contributed by atoms with van der Waals surface area (Å²) >= 11 is 0. The highest BCUT2D eigenvalue weighted by Gasteiger charge is 2.72. The molecule has 0 radical (unpaired) electrons. The van der Waals surface area contributed by atoms with Crippen molar-refractivity contribution in [3.8, 4) is 0 Å². The van der Waals surface area contributed by atoms with Gasteiger partial charge in [0.2, 0.25) is 12.6 Å². The molecule has 0 heterocycles. The van der Waals surface area contributed by atoms with Crippen molar-refractivity contribution in [2.45, 2.75) is 174 Å². The van der Waals surface area contributed by atoms with Crippen molar-refractivity contribution in [1.29, 1.82) is 0 Å². The number of rotatable bonds is 10. The summed E-state index contributed by atoms with van der Waals surface area (Å²) in [6.45, 7) is -4.32. The minimum absolute atomic E-state index is 0. The molecule has 0 rings (SSSR count). The average molecular weight is 1090 g/mol. The summed E-state index contributed by atoms with van der Waals surface area (Å²) in [5.41, 5.74) is -7.90. The summed E-state index contributed by atoms with van der Waals surface area (Å²) in [4.78, 5) is 11.0. The van der Waals surface area contributed by atoms with Crippen LogP contribution in [0.2, 0.25) is 0 Å². The van der Waals surface area contributed by atoms with Crippen molar-refractivity contribution < 1.29 is 144 Å². The van der Waals surface area contributed by atoms with Crippen LogP contribution in [-0.4, -0.2) is 121 Å². The van der Waals surface area contributed by atoms with E-state index >= 15 is 0 Å². The summed E-state index contributed by atoms with van der Waals surface area (Å²) in [6.07, 6.45) is -15.7. The lowest BCUT2D eigenvalue weighted by Gasteiger charge is -2.37. The van der Waals surface area contributed by atoms with Crippen LogP contribution in [0.1, 0.15) is 115 Å². The number of halogens is 26.